The Balaban J connectivity index is 2.26. The molecule has 0 atom stereocenters. The van der Waals surface area contributed by atoms with Gasteiger partial charge in [0.1, 0.15) is 12.4 Å². The van der Waals surface area contributed by atoms with Crippen molar-refractivity contribution in [2.24, 2.45) is 0 Å². The van der Waals surface area contributed by atoms with Crippen molar-refractivity contribution in [2.75, 3.05) is 12.4 Å². The zero-order valence-corrected chi connectivity index (χ0v) is 14.8. The Kier molecular flexibility index (Phi) is 6.24. The van der Waals surface area contributed by atoms with Gasteiger partial charge >= 0.3 is 6.09 Å². The molecule has 1 amide bonds. The van der Waals surface area contributed by atoms with E-state index < -0.39 is 6.09 Å². The largest absolute Gasteiger partial charge is 0.489 e. The summed E-state index contributed by atoms with van der Waals surface area (Å²) in [6.07, 6.45) is 1.30. The van der Waals surface area contributed by atoms with Gasteiger partial charge in [-0.05, 0) is 43.0 Å². The lowest BCUT2D eigenvalue weighted by atomic mass is 10.0. The van der Waals surface area contributed by atoms with E-state index in [4.69, 9.17) is 9.47 Å². The summed E-state index contributed by atoms with van der Waals surface area (Å²) in [6.45, 7) is 6.68. The Hall–Kier alpha value is -2.49. The molecule has 0 aliphatic carbocycles. The molecule has 0 saturated heterocycles. The van der Waals surface area contributed by atoms with E-state index in [0.29, 0.717) is 6.61 Å². The number of rotatable bonds is 6. The van der Waals surface area contributed by atoms with Gasteiger partial charge < -0.3 is 9.47 Å². The molecule has 0 aliphatic rings. The second-order valence-electron chi connectivity index (χ2n) is 5.67. The number of ether oxygens (including phenoxy) is 2. The minimum atomic E-state index is -0.478. The fraction of sp³-hybridized carbons (Fsp3) is 0.350. The molecule has 0 unspecified atom stereocenters. The molecule has 4 nitrogen and oxygen atoms in total. The molecule has 0 heterocycles. The topological polar surface area (TPSA) is 47.6 Å². The van der Waals surface area contributed by atoms with E-state index in [1.54, 1.807) is 0 Å². The van der Waals surface area contributed by atoms with Crippen LogP contribution in [0.1, 0.15) is 36.1 Å². The molecule has 2 aromatic rings. The molecule has 24 heavy (non-hydrogen) atoms. The number of amides is 1. The predicted molar refractivity (Wildman–Crippen MR) is 96.7 cm³/mol. The first-order chi connectivity index (χ1) is 11.6. The first-order valence-electron chi connectivity index (χ1n) is 8.27. The molecule has 0 radical (unpaired) electrons. The summed E-state index contributed by atoms with van der Waals surface area (Å²) in [7, 11) is 1.36. The number of carbonyl (C=O) groups is 1. The minimum absolute atomic E-state index is 0.402. The molecule has 2 aromatic carbocycles. The van der Waals surface area contributed by atoms with E-state index in [1.165, 1.54) is 18.2 Å². The van der Waals surface area contributed by atoms with Crippen LogP contribution in [-0.2, 0) is 24.2 Å². The summed E-state index contributed by atoms with van der Waals surface area (Å²) >= 11 is 0. The highest BCUT2D eigenvalue weighted by molar-refractivity contribution is 5.85. The molecule has 0 aromatic heterocycles. The van der Waals surface area contributed by atoms with Crippen LogP contribution in [0.15, 0.2) is 36.4 Å². The second kappa shape index (κ2) is 8.39. The van der Waals surface area contributed by atoms with Crippen molar-refractivity contribution in [3.8, 4) is 5.75 Å². The molecule has 128 valence electrons. The van der Waals surface area contributed by atoms with Crippen molar-refractivity contribution < 1.29 is 14.3 Å². The molecular weight excluding hydrogens is 302 g/mol. The Labute approximate surface area is 143 Å². The Morgan fingerprint density at radius 1 is 1.08 bits per heavy atom. The summed E-state index contributed by atoms with van der Waals surface area (Å²) in [5.74, 6) is 0.887. The standard InChI is InChI=1S/C20H25NO3/c1-5-15-8-7-9-18(21-20(22)23-4)17(15)13-24-19-11-10-14(3)12-16(19)6-2/h7-12H,5-6,13H2,1-4H3,(H,21,22). The fourth-order valence-electron chi connectivity index (χ4n) is 2.69. The molecule has 2 rings (SSSR count). The van der Waals surface area contributed by atoms with Crippen molar-refractivity contribution in [3.63, 3.8) is 0 Å². The maximum atomic E-state index is 11.6. The normalized spacial score (nSPS) is 10.3. The lowest BCUT2D eigenvalue weighted by molar-refractivity contribution is 0.187. The van der Waals surface area contributed by atoms with Crippen LogP contribution in [0.3, 0.4) is 0 Å². The van der Waals surface area contributed by atoms with Gasteiger partial charge in [0.05, 0.1) is 12.8 Å². The summed E-state index contributed by atoms with van der Waals surface area (Å²) in [4.78, 5) is 11.6. The third-order valence-corrected chi connectivity index (χ3v) is 4.04. The minimum Gasteiger partial charge on any atom is -0.489 e. The molecule has 0 fully saturated rings. The van der Waals surface area contributed by atoms with Crippen LogP contribution in [0.2, 0.25) is 0 Å². The van der Waals surface area contributed by atoms with E-state index >= 15 is 0 Å². The molecular formula is C20H25NO3. The number of anilines is 1. The van der Waals surface area contributed by atoms with Gasteiger partial charge in [-0.25, -0.2) is 4.79 Å². The third-order valence-electron chi connectivity index (χ3n) is 4.04. The maximum absolute atomic E-state index is 11.6. The number of carbonyl (C=O) groups excluding carboxylic acids is 1. The highest BCUT2D eigenvalue weighted by atomic mass is 16.5. The van der Waals surface area contributed by atoms with Crippen LogP contribution in [0.4, 0.5) is 10.5 Å². The van der Waals surface area contributed by atoms with Gasteiger partial charge in [0, 0.05) is 5.56 Å². The monoisotopic (exact) mass is 327 g/mol. The quantitative estimate of drug-likeness (QED) is 0.823. The first-order valence-corrected chi connectivity index (χ1v) is 8.27. The maximum Gasteiger partial charge on any atom is 0.411 e. The van der Waals surface area contributed by atoms with Crippen molar-refractivity contribution in [1.29, 1.82) is 0 Å². The average Bonchev–Trinajstić information content (AvgIpc) is 2.60. The van der Waals surface area contributed by atoms with E-state index in [0.717, 1.165) is 35.4 Å². The third kappa shape index (κ3) is 4.28. The zero-order valence-electron chi connectivity index (χ0n) is 14.8. The molecule has 1 N–H and O–H groups in total. The van der Waals surface area contributed by atoms with Crippen LogP contribution < -0.4 is 10.1 Å². The lowest BCUT2D eigenvalue weighted by Gasteiger charge is -2.17. The average molecular weight is 327 g/mol. The zero-order chi connectivity index (χ0) is 17.5. The molecule has 4 heteroatoms. The second-order valence-corrected chi connectivity index (χ2v) is 5.67. The number of benzene rings is 2. The summed E-state index contributed by atoms with van der Waals surface area (Å²) < 4.78 is 10.8. The lowest BCUT2D eigenvalue weighted by Crippen LogP contribution is -2.14. The van der Waals surface area contributed by atoms with Crippen LogP contribution in [-0.4, -0.2) is 13.2 Å². The number of nitrogens with one attached hydrogen (secondary N) is 1. The Morgan fingerprint density at radius 3 is 2.50 bits per heavy atom. The van der Waals surface area contributed by atoms with Crippen LogP contribution >= 0.6 is 0 Å². The highest BCUT2D eigenvalue weighted by Gasteiger charge is 2.12. The Morgan fingerprint density at radius 2 is 1.83 bits per heavy atom. The van der Waals surface area contributed by atoms with E-state index in [-0.39, 0.29) is 0 Å². The number of hydrogen-bond acceptors (Lipinski definition) is 3. The SMILES string of the molecule is CCc1cc(C)ccc1OCc1c(CC)cccc1NC(=O)OC. The van der Waals surface area contributed by atoms with Crippen molar-refractivity contribution in [1.82, 2.24) is 0 Å². The summed E-state index contributed by atoms with van der Waals surface area (Å²) in [5, 5.41) is 2.77. The van der Waals surface area contributed by atoms with Crippen molar-refractivity contribution in [3.05, 3.63) is 58.7 Å². The Bertz CT molecular complexity index is 710. The van der Waals surface area contributed by atoms with Crippen molar-refractivity contribution in [2.45, 2.75) is 40.2 Å². The van der Waals surface area contributed by atoms with E-state index in [1.807, 2.05) is 24.3 Å². The van der Waals surface area contributed by atoms with Crippen LogP contribution in [0.5, 0.6) is 5.75 Å². The molecule has 0 bridgehead atoms. The summed E-state index contributed by atoms with van der Waals surface area (Å²) in [5.41, 5.74) is 5.26. The number of methoxy groups -OCH3 is 1. The van der Waals surface area contributed by atoms with Crippen LogP contribution in [0, 0.1) is 6.92 Å². The highest BCUT2D eigenvalue weighted by Crippen LogP contribution is 2.26. The van der Waals surface area contributed by atoms with Gasteiger partial charge in [-0.3, -0.25) is 5.32 Å². The van der Waals surface area contributed by atoms with Gasteiger partial charge in [0.15, 0.2) is 0 Å². The van der Waals surface area contributed by atoms with E-state index in [9.17, 15) is 4.79 Å². The van der Waals surface area contributed by atoms with Crippen molar-refractivity contribution >= 4 is 11.8 Å². The molecule has 0 aliphatic heterocycles. The first kappa shape index (κ1) is 17.9. The number of aryl methyl sites for hydroxylation is 3. The van der Waals surface area contributed by atoms with Gasteiger partial charge in [-0.15, -0.1) is 0 Å². The van der Waals surface area contributed by atoms with Gasteiger partial charge in [0.25, 0.3) is 0 Å². The smallest absolute Gasteiger partial charge is 0.411 e. The van der Waals surface area contributed by atoms with Gasteiger partial charge in [0.2, 0.25) is 0 Å². The summed E-state index contributed by atoms with van der Waals surface area (Å²) in [6, 6.07) is 12.1. The fourth-order valence-corrected chi connectivity index (χ4v) is 2.69. The predicted octanol–water partition coefficient (Wildman–Crippen LogP) is 4.88. The molecule has 0 spiro atoms. The van der Waals surface area contributed by atoms with Gasteiger partial charge in [-0.2, -0.15) is 0 Å². The van der Waals surface area contributed by atoms with Gasteiger partial charge in [-0.1, -0.05) is 43.7 Å². The number of hydrogen-bond donors (Lipinski definition) is 1. The van der Waals surface area contributed by atoms with E-state index in [2.05, 4.69) is 38.2 Å². The van der Waals surface area contributed by atoms with Crippen LogP contribution in [0.25, 0.3) is 0 Å². The molecule has 0 saturated carbocycles.